The standard InChI is InChI=1S/C25H35N3O6S/c1-27(35(4,31)32)19-24(29)28(18-21-11-13-22(34-3)14-12-21)23(17-20-9-6-5-7-10-20)25(30)26-15-8-16-33-2/h5-7,9-14,23H,8,15-19H2,1-4H3,(H,26,30). The van der Waals surface area contributed by atoms with Crippen molar-refractivity contribution in [3.8, 4) is 5.75 Å². The van der Waals surface area contributed by atoms with Crippen LogP contribution in [-0.2, 0) is 37.3 Å². The van der Waals surface area contributed by atoms with Gasteiger partial charge in [0.2, 0.25) is 21.8 Å². The van der Waals surface area contributed by atoms with Gasteiger partial charge < -0.3 is 19.7 Å². The van der Waals surface area contributed by atoms with Gasteiger partial charge >= 0.3 is 0 Å². The number of likely N-dealkylation sites (N-methyl/N-ethyl adjacent to an activating group) is 1. The Hall–Kier alpha value is -2.95. The lowest BCUT2D eigenvalue weighted by atomic mass is 10.0. The molecule has 0 aliphatic rings. The number of methoxy groups -OCH3 is 2. The quantitative estimate of drug-likeness (QED) is 0.392. The molecule has 1 N–H and O–H groups in total. The van der Waals surface area contributed by atoms with E-state index in [9.17, 15) is 18.0 Å². The first-order chi connectivity index (χ1) is 16.7. The summed E-state index contributed by atoms with van der Waals surface area (Å²) in [7, 11) is 0.915. The van der Waals surface area contributed by atoms with Gasteiger partial charge in [0, 0.05) is 40.3 Å². The largest absolute Gasteiger partial charge is 0.497 e. The van der Waals surface area contributed by atoms with Crippen molar-refractivity contribution in [1.29, 1.82) is 0 Å². The molecular formula is C25H35N3O6S. The number of hydrogen-bond donors (Lipinski definition) is 1. The predicted molar refractivity (Wildman–Crippen MR) is 134 cm³/mol. The molecule has 2 amide bonds. The second-order valence-corrected chi connectivity index (χ2v) is 10.3. The summed E-state index contributed by atoms with van der Waals surface area (Å²) in [6, 6.07) is 15.7. The maximum Gasteiger partial charge on any atom is 0.243 e. The average Bonchev–Trinajstić information content (AvgIpc) is 2.84. The van der Waals surface area contributed by atoms with E-state index in [1.54, 1.807) is 26.4 Å². The molecule has 1 atom stereocenters. The van der Waals surface area contributed by atoms with Crippen molar-refractivity contribution in [3.63, 3.8) is 0 Å². The third-order valence-corrected chi connectivity index (χ3v) is 6.79. The molecule has 0 radical (unpaired) electrons. The van der Waals surface area contributed by atoms with Gasteiger partial charge in [-0.15, -0.1) is 0 Å². The van der Waals surface area contributed by atoms with Crippen LogP contribution in [0.1, 0.15) is 17.5 Å². The number of ether oxygens (including phenoxy) is 2. The molecule has 35 heavy (non-hydrogen) atoms. The van der Waals surface area contributed by atoms with Gasteiger partial charge in [-0.3, -0.25) is 9.59 Å². The van der Waals surface area contributed by atoms with Crippen molar-refractivity contribution in [3.05, 3.63) is 65.7 Å². The van der Waals surface area contributed by atoms with Crippen LogP contribution in [0.25, 0.3) is 0 Å². The zero-order chi connectivity index (χ0) is 25.8. The van der Waals surface area contributed by atoms with Crippen LogP contribution in [0, 0.1) is 0 Å². The highest BCUT2D eigenvalue weighted by atomic mass is 32.2. The van der Waals surface area contributed by atoms with E-state index in [0.717, 1.165) is 21.7 Å². The van der Waals surface area contributed by atoms with E-state index >= 15 is 0 Å². The van der Waals surface area contributed by atoms with E-state index in [-0.39, 0.29) is 25.4 Å². The number of carbonyl (C=O) groups is 2. The molecule has 0 fully saturated rings. The van der Waals surface area contributed by atoms with Crippen LogP contribution in [0.15, 0.2) is 54.6 Å². The summed E-state index contributed by atoms with van der Waals surface area (Å²) in [6.45, 7) is 0.643. The molecule has 0 aliphatic heterocycles. The normalized spacial score (nSPS) is 12.3. The molecule has 2 aromatic rings. The number of sulfonamides is 1. The summed E-state index contributed by atoms with van der Waals surface area (Å²) in [5, 5.41) is 2.90. The van der Waals surface area contributed by atoms with Crippen LogP contribution in [0.4, 0.5) is 0 Å². The second-order valence-electron chi connectivity index (χ2n) is 8.23. The van der Waals surface area contributed by atoms with Crippen molar-refractivity contribution in [2.75, 3.05) is 47.2 Å². The van der Waals surface area contributed by atoms with Gasteiger partial charge in [-0.25, -0.2) is 8.42 Å². The summed E-state index contributed by atoms with van der Waals surface area (Å²) >= 11 is 0. The highest BCUT2D eigenvalue weighted by molar-refractivity contribution is 7.88. The molecule has 9 nitrogen and oxygen atoms in total. The maximum absolute atomic E-state index is 13.4. The van der Waals surface area contributed by atoms with Gasteiger partial charge in [-0.2, -0.15) is 4.31 Å². The molecular weight excluding hydrogens is 470 g/mol. The van der Waals surface area contributed by atoms with E-state index in [2.05, 4.69) is 5.32 Å². The van der Waals surface area contributed by atoms with Gasteiger partial charge in [0.25, 0.3) is 0 Å². The average molecular weight is 506 g/mol. The number of amides is 2. The number of nitrogens with zero attached hydrogens (tertiary/aromatic N) is 2. The monoisotopic (exact) mass is 505 g/mol. The van der Waals surface area contributed by atoms with Crippen LogP contribution in [-0.4, -0.2) is 82.7 Å². The van der Waals surface area contributed by atoms with Gasteiger partial charge in [0.15, 0.2) is 0 Å². The van der Waals surface area contributed by atoms with Gasteiger partial charge in [-0.05, 0) is 29.7 Å². The predicted octanol–water partition coefficient (Wildman–Crippen LogP) is 1.68. The molecule has 1 unspecified atom stereocenters. The maximum atomic E-state index is 13.4. The Morgan fingerprint density at radius 1 is 1.00 bits per heavy atom. The topological polar surface area (TPSA) is 105 Å². The molecule has 192 valence electrons. The lowest BCUT2D eigenvalue weighted by molar-refractivity contribution is -0.141. The Labute approximate surface area is 208 Å². The third kappa shape index (κ3) is 9.31. The number of benzene rings is 2. The fourth-order valence-corrected chi connectivity index (χ4v) is 3.77. The first kappa shape index (κ1) is 28.3. The molecule has 0 spiro atoms. The molecule has 0 saturated carbocycles. The Balaban J connectivity index is 2.39. The third-order valence-electron chi connectivity index (χ3n) is 5.53. The fraction of sp³-hybridized carbons (Fsp3) is 0.440. The van der Waals surface area contributed by atoms with Crippen LogP contribution in [0.2, 0.25) is 0 Å². The minimum absolute atomic E-state index is 0.128. The summed E-state index contributed by atoms with van der Waals surface area (Å²) in [5.74, 6) is -0.115. The minimum atomic E-state index is -3.58. The number of nitrogens with one attached hydrogen (secondary N) is 1. The van der Waals surface area contributed by atoms with Crippen molar-refractivity contribution in [2.24, 2.45) is 0 Å². The lowest BCUT2D eigenvalue weighted by Crippen LogP contribution is -2.53. The van der Waals surface area contributed by atoms with E-state index in [4.69, 9.17) is 9.47 Å². The van der Waals surface area contributed by atoms with Crippen LogP contribution >= 0.6 is 0 Å². The number of rotatable bonds is 14. The smallest absolute Gasteiger partial charge is 0.243 e. The molecule has 0 heterocycles. The van der Waals surface area contributed by atoms with Gasteiger partial charge in [0.05, 0.1) is 19.9 Å². The summed E-state index contributed by atoms with van der Waals surface area (Å²) in [4.78, 5) is 28.2. The lowest BCUT2D eigenvalue weighted by Gasteiger charge is -2.32. The summed E-state index contributed by atoms with van der Waals surface area (Å²) in [6.07, 6.45) is 1.95. The Morgan fingerprint density at radius 3 is 2.23 bits per heavy atom. The molecule has 0 aromatic heterocycles. The molecule has 0 saturated heterocycles. The Morgan fingerprint density at radius 2 is 1.66 bits per heavy atom. The van der Waals surface area contributed by atoms with Gasteiger partial charge in [0.1, 0.15) is 11.8 Å². The Kier molecular flexibility index (Phi) is 11.2. The van der Waals surface area contributed by atoms with Crippen molar-refractivity contribution in [2.45, 2.75) is 25.4 Å². The first-order valence-corrected chi connectivity index (χ1v) is 13.1. The highest BCUT2D eigenvalue weighted by Crippen LogP contribution is 2.18. The van der Waals surface area contributed by atoms with Crippen molar-refractivity contribution in [1.82, 2.24) is 14.5 Å². The number of hydrogen-bond acceptors (Lipinski definition) is 6. The van der Waals surface area contributed by atoms with Crippen molar-refractivity contribution >= 4 is 21.8 Å². The van der Waals surface area contributed by atoms with E-state index in [0.29, 0.717) is 25.3 Å². The van der Waals surface area contributed by atoms with Gasteiger partial charge in [-0.1, -0.05) is 42.5 Å². The van der Waals surface area contributed by atoms with Crippen LogP contribution in [0.5, 0.6) is 5.75 Å². The fourth-order valence-electron chi connectivity index (χ4n) is 3.43. The van der Waals surface area contributed by atoms with Crippen molar-refractivity contribution < 1.29 is 27.5 Å². The SMILES string of the molecule is COCCCNC(=O)C(Cc1ccccc1)N(Cc1ccc(OC)cc1)C(=O)CN(C)S(C)(=O)=O. The molecule has 10 heteroatoms. The minimum Gasteiger partial charge on any atom is -0.497 e. The molecule has 0 aliphatic carbocycles. The first-order valence-electron chi connectivity index (χ1n) is 11.3. The van der Waals surface area contributed by atoms with E-state index in [1.165, 1.54) is 11.9 Å². The van der Waals surface area contributed by atoms with Crippen LogP contribution in [0.3, 0.4) is 0 Å². The number of carbonyl (C=O) groups excluding carboxylic acids is 2. The molecule has 0 bridgehead atoms. The summed E-state index contributed by atoms with van der Waals surface area (Å²) < 4.78 is 35.2. The zero-order valence-electron chi connectivity index (χ0n) is 20.8. The summed E-state index contributed by atoms with van der Waals surface area (Å²) in [5.41, 5.74) is 1.67. The highest BCUT2D eigenvalue weighted by Gasteiger charge is 2.31. The van der Waals surface area contributed by atoms with E-state index in [1.807, 2.05) is 42.5 Å². The Bertz CT molecular complexity index is 1040. The molecule has 2 aromatic carbocycles. The van der Waals surface area contributed by atoms with E-state index < -0.39 is 22.0 Å². The molecule has 2 rings (SSSR count). The van der Waals surface area contributed by atoms with Crippen LogP contribution < -0.4 is 10.1 Å². The zero-order valence-corrected chi connectivity index (χ0v) is 21.6. The second kappa shape index (κ2) is 13.8.